The first-order valence-electron chi connectivity index (χ1n) is 15.6. The van der Waals surface area contributed by atoms with Crippen molar-refractivity contribution in [2.24, 2.45) is 0 Å². The monoisotopic (exact) mass is 828 g/mol. The second-order valence-corrected chi connectivity index (χ2v) is 13.9. The van der Waals surface area contributed by atoms with E-state index in [1.165, 1.54) is 14.0 Å². The van der Waals surface area contributed by atoms with Crippen LogP contribution in [0.4, 0.5) is 41.6 Å². The van der Waals surface area contributed by atoms with Gasteiger partial charge in [0, 0.05) is 42.8 Å². The third-order valence-corrected chi connectivity index (χ3v) is 9.24. The summed E-state index contributed by atoms with van der Waals surface area (Å²) < 4.78 is 64.7. The highest BCUT2D eigenvalue weighted by molar-refractivity contribution is 8.01. The van der Waals surface area contributed by atoms with E-state index in [1.54, 1.807) is 66.6 Å². The number of imide groups is 2. The molecule has 2 aliphatic heterocycles. The molecule has 2 fully saturated rings. The topological polar surface area (TPSA) is 190 Å². The predicted molar refractivity (Wildman–Crippen MR) is 187 cm³/mol. The van der Waals surface area contributed by atoms with Crippen LogP contribution >= 0.6 is 23.1 Å². The molecule has 1 aromatic carbocycles. The van der Waals surface area contributed by atoms with Crippen molar-refractivity contribution in [1.29, 1.82) is 0 Å². The molecule has 0 radical (unpaired) electrons. The summed E-state index contributed by atoms with van der Waals surface area (Å²) in [5, 5.41) is 18.5. The first kappa shape index (κ1) is 44.4. The normalized spacial score (nSPS) is 14.8. The van der Waals surface area contributed by atoms with E-state index in [1.807, 2.05) is 60.0 Å². The van der Waals surface area contributed by atoms with Gasteiger partial charge >= 0.3 is 36.4 Å². The maximum Gasteiger partial charge on any atom is 0.490 e. The van der Waals surface area contributed by atoms with Crippen molar-refractivity contribution in [3.8, 4) is 0 Å². The van der Waals surface area contributed by atoms with Crippen molar-refractivity contribution >= 4 is 64.6 Å². The molecule has 5 heterocycles. The van der Waals surface area contributed by atoms with E-state index < -0.39 is 29.8 Å². The fourth-order valence-electron chi connectivity index (χ4n) is 4.42. The molecule has 6 amide bonds. The van der Waals surface area contributed by atoms with Crippen molar-refractivity contribution in [2.75, 3.05) is 11.4 Å². The number of thiophene rings is 1. The summed E-state index contributed by atoms with van der Waals surface area (Å²) in [5.74, 6) is -5.98. The molecule has 0 unspecified atom stereocenters. The number of carboxylic acids is 2. The number of carboxylic acid groups (broad SMARTS) is 2. The van der Waals surface area contributed by atoms with Crippen molar-refractivity contribution < 1.29 is 65.3 Å². The van der Waals surface area contributed by atoms with Gasteiger partial charge in [-0.15, -0.1) is 11.3 Å². The molecule has 3 aromatic heterocycles. The molecule has 2 aliphatic rings. The Morgan fingerprint density at radius 3 is 1.70 bits per heavy atom. The first-order chi connectivity index (χ1) is 26.1. The number of hydrogen-bond donors (Lipinski definition) is 3. The highest BCUT2D eigenvalue weighted by Gasteiger charge is 2.51. The van der Waals surface area contributed by atoms with E-state index in [0.717, 1.165) is 16.0 Å². The van der Waals surface area contributed by atoms with Gasteiger partial charge in [0.2, 0.25) is 5.91 Å². The fourth-order valence-corrected chi connectivity index (χ4v) is 6.17. The van der Waals surface area contributed by atoms with Gasteiger partial charge in [-0.1, -0.05) is 17.8 Å². The summed E-state index contributed by atoms with van der Waals surface area (Å²) in [6.07, 6.45) is -3.48. The highest BCUT2D eigenvalue weighted by Crippen LogP contribution is 2.36. The summed E-state index contributed by atoms with van der Waals surface area (Å²) in [6, 6.07) is 18.3. The van der Waals surface area contributed by atoms with Crippen LogP contribution in [0.1, 0.15) is 25.0 Å². The number of anilines is 1. The highest BCUT2D eigenvalue weighted by atomic mass is 32.2. The van der Waals surface area contributed by atoms with Crippen LogP contribution < -0.4 is 10.2 Å². The van der Waals surface area contributed by atoms with Gasteiger partial charge in [0.25, 0.3) is 5.91 Å². The zero-order chi connectivity index (χ0) is 41.8. The predicted octanol–water partition coefficient (Wildman–Crippen LogP) is 6.44. The molecule has 0 spiro atoms. The number of pyridine rings is 2. The van der Waals surface area contributed by atoms with E-state index in [-0.39, 0.29) is 30.4 Å². The molecule has 0 saturated carbocycles. The molecule has 0 bridgehead atoms. The molecule has 22 heteroatoms. The van der Waals surface area contributed by atoms with Crippen LogP contribution in [0.25, 0.3) is 0 Å². The van der Waals surface area contributed by atoms with Crippen LogP contribution in [0.2, 0.25) is 0 Å². The van der Waals surface area contributed by atoms with Crippen LogP contribution in [0, 0.1) is 0 Å². The van der Waals surface area contributed by atoms with Gasteiger partial charge in [-0.2, -0.15) is 26.3 Å². The molecular formula is C34H30F6N6O8S2. The van der Waals surface area contributed by atoms with E-state index in [2.05, 4.69) is 21.4 Å². The van der Waals surface area contributed by atoms with Gasteiger partial charge in [0.05, 0.1) is 9.90 Å². The zero-order valence-corrected chi connectivity index (χ0v) is 30.6. The number of halogens is 6. The standard InChI is InChI=1S/C21H19N3O2S2.C9H9N3O2.2C2HF3O2/c1-21(2)19(25)24(20(26)23(21)14-15-9-11-22-12-10-15)16-5-7-17(8-6-16)28-18-4-3-13-27-18;13-8-6-12(9(14)11-8)5-7-1-3-10-4-2-7;2*3-2(4,5)1(6)7/h3-13H,14H2,1-2H3;1-4H,5-6H2,(H,11,13,14);2*(H,6,7). The zero-order valence-electron chi connectivity index (χ0n) is 28.9. The molecule has 2 saturated heterocycles. The number of alkyl halides is 6. The lowest BCUT2D eigenvalue weighted by atomic mass is 10.0. The Labute approximate surface area is 321 Å². The van der Waals surface area contributed by atoms with Crippen LogP contribution in [-0.4, -0.2) is 90.2 Å². The number of aromatic nitrogens is 2. The maximum atomic E-state index is 13.1. The van der Waals surface area contributed by atoms with Gasteiger partial charge in [-0.25, -0.2) is 24.1 Å². The van der Waals surface area contributed by atoms with Gasteiger partial charge in [0.15, 0.2) is 0 Å². The molecule has 3 N–H and O–H groups in total. The van der Waals surface area contributed by atoms with Crippen molar-refractivity contribution in [2.45, 2.75) is 53.9 Å². The molecule has 0 aliphatic carbocycles. The number of nitrogens with one attached hydrogen (secondary N) is 1. The quantitative estimate of drug-likeness (QED) is 0.137. The molecule has 4 aromatic rings. The molecule has 0 atom stereocenters. The van der Waals surface area contributed by atoms with Crippen molar-refractivity contribution in [1.82, 2.24) is 25.1 Å². The minimum Gasteiger partial charge on any atom is -0.475 e. The minimum atomic E-state index is -5.08. The Kier molecular flexibility index (Phi) is 15.1. The number of carbonyl (C=O) groups excluding carboxylic acids is 4. The Morgan fingerprint density at radius 2 is 1.29 bits per heavy atom. The minimum absolute atomic E-state index is 0.140. The maximum absolute atomic E-state index is 13.1. The van der Waals surface area contributed by atoms with Gasteiger partial charge in [0.1, 0.15) is 12.1 Å². The van der Waals surface area contributed by atoms with Crippen molar-refractivity contribution in [3.05, 3.63) is 102 Å². The third-order valence-electron chi connectivity index (χ3n) is 7.20. The number of benzene rings is 1. The summed E-state index contributed by atoms with van der Waals surface area (Å²) >= 11 is 3.35. The largest absolute Gasteiger partial charge is 0.490 e. The van der Waals surface area contributed by atoms with E-state index >= 15 is 0 Å². The summed E-state index contributed by atoms with van der Waals surface area (Å²) in [5.41, 5.74) is 1.58. The number of carbonyl (C=O) groups is 6. The second kappa shape index (κ2) is 19.0. The van der Waals surface area contributed by atoms with Crippen LogP contribution in [-0.2, 0) is 32.3 Å². The van der Waals surface area contributed by atoms with Gasteiger partial charge in [-0.3, -0.25) is 24.9 Å². The smallest absolute Gasteiger partial charge is 0.475 e. The average Bonchev–Trinajstić information content (AvgIpc) is 3.80. The first-order valence-corrected chi connectivity index (χ1v) is 17.2. The number of aliphatic carboxylic acids is 2. The van der Waals surface area contributed by atoms with Crippen molar-refractivity contribution in [3.63, 3.8) is 0 Å². The lowest BCUT2D eigenvalue weighted by Crippen LogP contribution is -2.43. The summed E-state index contributed by atoms with van der Waals surface area (Å²) in [7, 11) is 0. The van der Waals surface area contributed by atoms with E-state index in [9.17, 15) is 45.5 Å². The molecular weight excluding hydrogens is 799 g/mol. The lowest BCUT2D eigenvalue weighted by Gasteiger charge is -2.27. The Morgan fingerprint density at radius 1 is 0.804 bits per heavy atom. The van der Waals surface area contributed by atoms with Gasteiger partial charge < -0.3 is 20.0 Å². The van der Waals surface area contributed by atoms with Crippen LogP contribution in [0.15, 0.2) is 99.9 Å². The number of rotatable bonds is 7. The number of amides is 6. The Bertz CT molecular complexity index is 1960. The Balaban J connectivity index is 0.000000248. The number of hydrogen-bond acceptors (Lipinski definition) is 10. The van der Waals surface area contributed by atoms with Crippen LogP contribution in [0.3, 0.4) is 0 Å². The third kappa shape index (κ3) is 12.8. The molecule has 298 valence electrons. The number of nitrogens with zero attached hydrogens (tertiary/aromatic N) is 5. The SMILES string of the molecule is CC1(C)C(=O)N(c2ccc(Sc3cccs3)cc2)C(=O)N1Cc1ccncc1.O=C(O)C(F)(F)F.O=C(O)C(F)(F)F.O=C1CN(Cc2ccncc2)C(=O)N1. The molecule has 14 nitrogen and oxygen atoms in total. The summed E-state index contributed by atoms with van der Waals surface area (Å²) in [6.45, 7) is 4.52. The Hall–Kier alpha value is -6.03. The fraction of sp³-hybridized carbons (Fsp3) is 0.235. The second-order valence-electron chi connectivity index (χ2n) is 11.6. The van der Waals surface area contributed by atoms with Crippen LogP contribution in [0.5, 0.6) is 0 Å². The van der Waals surface area contributed by atoms with Gasteiger partial charge in [-0.05, 0) is 85.0 Å². The molecule has 56 heavy (non-hydrogen) atoms. The van der Waals surface area contributed by atoms with E-state index in [0.29, 0.717) is 18.8 Å². The summed E-state index contributed by atoms with van der Waals surface area (Å²) in [4.78, 5) is 79.2. The lowest BCUT2D eigenvalue weighted by molar-refractivity contribution is -0.193. The molecule has 6 rings (SSSR count). The van der Waals surface area contributed by atoms with E-state index in [4.69, 9.17) is 19.8 Å². The number of urea groups is 2. The average molecular weight is 829 g/mol.